The van der Waals surface area contributed by atoms with Crippen LogP contribution in [0.4, 0.5) is 0 Å². The van der Waals surface area contributed by atoms with Gasteiger partial charge in [-0.05, 0) is 24.1 Å². The fourth-order valence-electron chi connectivity index (χ4n) is 2.87. The van der Waals surface area contributed by atoms with Crippen LogP contribution >= 0.6 is 0 Å². The Kier molecular flexibility index (Phi) is 6.63. The summed E-state index contributed by atoms with van der Waals surface area (Å²) in [7, 11) is 3.13. The SMILES string of the molecule is COc1ccc(CC(=O)N2CCCN(C(=O)CC#N)CC2)cc1OC. The molecule has 0 radical (unpaired) electrons. The molecule has 7 nitrogen and oxygen atoms in total. The molecule has 0 spiro atoms. The topological polar surface area (TPSA) is 82.9 Å². The van der Waals surface area contributed by atoms with E-state index in [-0.39, 0.29) is 24.7 Å². The van der Waals surface area contributed by atoms with Crippen LogP contribution in [0.2, 0.25) is 0 Å². The second-order valence-corrected chi connectivity index (χ2v) is 5.82. The van der Waals surface area contributed by atoms with E-state index in [0.717, 1.165) is 12.0 Å². The van der Waals surface area contributed by atoms with Gasteiger partial charge in [0.15, 0.2) is 11.5 Å². The lowest BCUT2D eigenvalue weighted by Crippen LogP contribution is -2.37. The number of nitrogens with zero attached hydrogens (tertiary/aromatic N) is 3. The zero-order valence-electron chi connectivity index (χ0n) is 14.7. The Morgan fingerprint density at radius 1 is 1.04 bits per heavy atom. The number of benzene rings is 1. The first-order valence-corrected chi connectivity index (χ1v) is 8.22. The van der Waals surface area contributed by atoms with Gasteiger partial charge >= 0.3 is 0 Å². The van der Waals surface area contributed by atoms with Crippen molar-refractivity contribution in [3.63, 3.8) is 0 Å². The molecule has 2 amide bonds. The normalized spacial score (nSPS) is 14.4. The van der Waals surface area contributed by atoms with E-state index in [1.807, 2.05) is 12.1 Å². The molecule has 2 rings (SSSR count). The first-order valence-electron chi connectivity index (χ1n) is 8.22. The molecule has 0 N–H and O–H groups in total. The highest BCUT2D eigenvalue weighted by atomic mass is 16.5. The first-order chi connectivity index (χ1) is 12.1. The summed E-state index contributed by atoms with van der Waals surface area (Å²) in [5, 5.41) is 8.64. The van der Waals surface area contributed by atoms with E-state index in [2.05, 4.69) is 0 Å². The number of rotatable bonds is 5. The molecule has 0 atom stereocenters. The molecule has 1 fully saturated rings. The van der Waals surface area contributed by atoms with Gasteiger partial charge in [-0.3, -0.25) is 9.59 Å². The van der Waals surface area contributed by atoms with Crippen LogP contribution in [0, 0.1) is 11.3 Å². The zero-order valence-corrected chi connectivity index (χ0v) is 14.7. The van der Waals surface area contributed by atoms with Crippen molar-refractivity contribution in [2.75, 3.05) is 40.4 Å². The van der Waals surface area contributed by atoms with Crippen LogP contribution in [-0.4, -0.2) is 62.0 Å². The molecule has 1 aliphatic rings. The van der Waals surface area contributed by atoms with Gasteiger partial charge in [0.1, 0.15) is 6.42 Å². The fourth-order valence-corrected chi connectivity index (χ4v) is 2.87. The maximum atomic E-state index is 12.6. The molecule has 0 unspecified atom stereocenters. The van der Waals surface area contributed by atoms with E-state index < -0.39 is 0 Å². The Hall–Kier alpha value is -2.75. The van der Waals surface area contributed by atoms with E-state index in [1.165, 1.54) is 0 Å². The highest BCUT2D eigenvalue weighted by Gasteiger charge is 2.22. The van der Waals surface area contributed by atoms with Gasteiger partial charge in [-0.25, -0.2) is 0 Å². The molecule has 134 valence electrons. The Balaban J connectivity index is 1.97. The summed E-state index contributed by atoms with van der Waals surface area (Å²) in [5.74, 6) is 1.07. The molecular formula is C18H23N3O4. The van der Waals surface area contributed by atoms with Crippen molar-refractivity contribution in [1.82, 2.24) is 9.80 Å². The number of hydrogen-bond donors (Lipinski definition) is 0. The van der Waals surface area contributed by atoms with Crippen LogP contribution in [-0.2, 0) is 16.0 Å². The van der Waals surface area contributed by atoms with Gasteiger partial charge in [-0.2, -0.15) is 5.26 Å². The third-order valence-corrected chi connectivity index (χ3v) is 4.23. The summed E-state index contributed by atoms with van der Waals surface area (Å²) in [4.78, 5) is 27.8. The van der Waals surface area contributed by atoms with Crippen LogP contribution in [0.3, 0.4) is 0 Å². The molecule has 7 heteroatoms. The number of methoxy groups -OCH3 is 2. The monoisotopic (exact) mass is 345 g/mol. The van der Waals surface area contributed by atoms with E-state index in [0.29, 0.717) is 37.7 Å². The summed E-state index contributed by atoms with van der Waals surface area (Å²) >= 11 is 0. The summed E-state index contributed by atoms with van der Waals surface area (Å²) in [6, 6.07) is 7.31. The Morgan fingerprint density at radius 3 is 2.28 bits per heavy atom. The van der Waals surface area contributed by atoms with Crippen LogP contribution in [0.5, 0.6) is 11.5 Å². The van der Waals surface area contributed by atoms with Crippen molar-refractivity contribution in [3.05, 3.63) is 23.8 Å². The highest BCUT2D eigenvalue weighted by molar-refractivity contribution is 5.80. The predicted octanol–water partition coefficient (Wildman–Crippen LogP) is 1.22. The maximum absolute atomic E-state index is 12.6. The van der Waals surface area contributed by atoms with Crippen LogP contribution in [0.25, 0.3) is 0 Å². The molecule has 0 aromatic heterocycles. The maximum Gasteiger partial charge on any atom is 0.236 e. The highest BCUT2D eigenvalue weighted by Crippen LogP contribution is 2.27. The van der Waals surface area contributed by atoms with Crippen LogP contribution < -0.4 is 9.47 Å². The lowest BCUT2D eigenvalue weighted by Gasteiger charge is -2.22. The van der Waals surface area contributed by atoms with Crippen molar-refractivity contribution in [2.24, 2.45) is 0 Å². The van der Waals surface area contributed by atoms with Gasteiger partial charge in [0, 0.05) is 26.2 Å². The summed E-state index contributed by atoms with van der Waals surface area (Å²) in [5.41, 5.74) is 0.851. The molecule has 0 saturated carbocycles. The number of ether oxygens (including phenoxy) is 2. The van der Waals surface area contributed by atoms with Crippen molar-refractivity contribution in [2.45, 2.75) is 19.3 Å². The van der Waals surface area contributed by atoms with Crippen LogP contribution in [0.15, 0.2) is 18.2 Å². The number of nitriles is 1. The van der Waals surface area contributed by atoms with E-state index >= 15 is 0 Å². The van der Waals surface area contributed by atoms with Gasteiger partial charge in [-0.1, -0.05) is 6.07 Å². The van der Waals surface area contributed by atoms with Crippen molar-refractivity contribution in [3.8, 4) is 17.6 Å². The quantitative estimate of drug-likeness (QED) is 0.801. The zero-order chi connectivity index (χ0) is 18.2. The van der Waals surface area contributed by atoms with Gasteiger partial charge in [-0.15, -0.1) is 0 Å². The van der Waals surface area contributed by atoms with Gasteiger partial charge < -0.3 is 19.3 Å². The third-order valence-electron chi connectivity index (χ3n) is 4.23. The molecule has 1 aliphatic heterocycles. The average Bonchev–Trinajstić information content (AvgIpc) is 2.88. The molecule has 1 saturated heterocycles. The van der Waals surface area contributed by atoms with E-state index in [9.17, 15) is 9.59 Å². The largest absolute Gasteiger partial charge is 0.493 e. The summed E-state index contributed by atoms with van der Waals surface area (Å²) in [6.45, 7) is 2.16. The second kappa shape index (κ2) is 8.92. The molecular weight excluding hydrogens is 322 g/mol. The van der Waals surface area contributed by atoms with E-state index in [4.69, 9.17) is 14.7 Å². The lowest BCUT2D eigenvalue weighted by molar-refractivity contribution is -0.132. The minimum absolute atomic E-state index is 0.0156. The van der Waals surface area contributed by atoms with Gasteiger partial charge in [0.25, 0.3) is 0 Å². The molecule has 0 aliphatic carbocycles. The van der Waals surface area contributed by atoms with Gasteiger partial charge in [0.05, 0.1) is 26.7 Å². The van der Waals surface area contributed by atoms with Gasteiger partial charge in [0.2, 0.25) is 11.8 Å². The molecule has 1 heterocycles. The Morgan fingerprint density at radius 2 is 1.68 bits per heavy atom. The predicted molar refractivity (Wildman–Crippen MR) is 91.3 cm³/mol. The summed E-state index contributed by atoms with van der Waals surface area (Å²) < 4.78 is 10.5. The van der Waals surface area contributed by atoms with Crippen molar-refractivity contribution in [1.29, 1.82) is 5.26 Å². The van der Waals surface area contributed by atoms with E-state index in [1.54, 1.807) is 36.2 Å². The number of amides is 2. The first kappa shape index (κ1) is 18.6. The number of carbonyl (C=O) groups excluding carboxylic acids is 2. The molecule has 25 heavy (non-hydrogen) atoms. The average molecular weight is 345 g/mol. The number of carbonyl (C=O) groups is 2. The van der Waals surface area contributed by atoms with Crippen molar-refractivity contribution >= 4 is 11.8 Å². The Bertz CT molecular complexity index is 669. The standard InChI is InChI=1S/C18H23N3O4/c1-24-15-5-4-14(12-16(15)25-2)13-18(23)21-9-3-8-20(10-11-21)17(22)6-7-19/h4-5,12H,3,6,8-11,13H2,1-2H3. The minimum Gasteiger partial charge on any atom is -0.493 e. The molecule has 1 aromatic rings. The lowest BCUT2D eigenvalue weighted by atomic mass is 10.1. The Labute approximate surface area is 147 Å². The molecule has 0 bridgehead atoms. The second-order valence-electron chi connectivity index (χ2n) is 5.82. The van der Waals surface area contributed by atoms with Crippen molar-refractivity contribution < 1.29 is 19.1 Å². The third kappa shape index (κ3) is 4.86. The number of hydrogen-bond acceptors (Lipinski definition) is 5. The minimum atomic E-state index is -0.170. The molecule has 1 aromatic carbocycles. The smallest absolute Gasteiger partial charge is 0.236 e. The fraction of sp³-hybridized carbons (Fsp3) is 0.500. The summed E-state index contributed by atoms with van der Waals surface area (Å²) in [6.07, 6.45) is 0.876. The van der Waals surface area contributed by atoms with Crippen LogP contribution in [0.1, 0.15) is 18.4 Å².